The van der Waals surface area contributed by atoms with E-state index >= 15 is 0 Å². The molecule has 4 nitrogen and oxygen atoms in total. The molecule has 3 rings (SSSR count). The van der Waals surface area contributed by atoms with E-state index in [1.807, 2.05) is 11.8 Å². The first kappa shape index (κ1) is 14.4. The Bertz CT molecular complexity index is 652. The number of hydrogen-bond donors (Lipinski definition) is 1. The topological polar surface area (TPSA) is 47.0 Å². The number of thioether (sulfide) groups is 1. The molecule has 1 aliphatic carbocycles. The Balaban J connectivity index is 1.91. The van der Waals surface area contributed by atoms with E-state index in [-0.39, 0.29) is 5.75 Å². The second-order valence-corrected chi connectivity index (χ2v) is 6.38. The summed E-state index contributed by atoms with van der Waals surface area (Å²) < 4.78 is 18.8. The van der Waals surface area contributed by atoms with E-state index in [1.54, 1.807) is 6.07 Å². The van der Waals surface area contributed by atoms with Gasteiger partial charge in [0.2, 0.25) is 0 Å². The van der Waals surface area contributed by atoms with Crippen LogP contribution in [0.2, 0.25) is 0 Å². The summed E-state index contributed by atoms with van der Waals surface area (Å²) in [5.41, 5.74) is 0.588. The molecular formula is C15H18FN3OS. The molecule has 2 unspecified atom stereocenters. The normalized spacial score (nSPS) is 21.7. The third-order valence-electron chi connectivity index (χ3n) is 3.97. The van der Waals surface area contributed by atoms with Crippen molar-refractivity contribution in [2.24, 2.45) is 0 Å². The lowest BCUT2D eigenvalue weighted by Crippen LogP contribution is -2.17. The molecule has 0 spiro atoms. The molecular weight excluding hydrogens is 289 g/mol. The number of ether oxygens (including phenoxy) is 1. The summed E-state index contributed by atoms with van der Waals surface area (Å²) in [6, 6.07) is 3.46. The number of rotatable bonds is 4. The maximum atomic E-state index is 13.7. The lowest BCUT2D eigenvalue weighted by atomic mass is 10.2. The van der Waals surface area contributed by atoms with Crippen molar-refractivity contribution in [2.75, 3.05) is 18.7 Å². The third kappa shape index (κ3) is 2.90. The molecule has 112 valence electrons. The van der Waals surface area contributed by atoms with Crippen LogP contribution in [0.25, 0.3) is 10.9 Å². The molecule has 2 aromatic rings. The number of methoxy groups -OCH3 is 1. The maximum Gasteiger partial charge on any atom is 0.167 e. The fourth-order valence-electron chi connectivity index (χ4n) is 2.81. The van der Waals surface area contributed by atoms with Crippen LogP contribution in [-0.4, -0.2) is 34.6 Å². The Kier molecular flexibility index (Phi) is 4.14. The molecule has 0 saturated heterocycles. The van der Waals surface area contributed by atoms with E-state index in [1.165, 1.54) is 25.9 Å². The van der Waals surface area contributed by atoms with Gasteiger partial charge in [0.15, 0.2) is 11.6 Å². The van der Waals surface area contributed by atoms with Crippen molar-refractivity contribution in [1.82, 2.24) is 9.97 Å². The molecule has 2 atom stereocenters. The Morgan fingerprint density at radius 2 is 2.19 bits per heavy atom. The zero-order valence-electron chi connectivity index (χ0n) is 12.1. The highest BCUT2D eigenvalue weighted by molar-refractivity contribution is 7.99. The van der Waals surface area contributed by atoms with E-state index in [0.717, 1.165) is 24.0 Å². The van der Waals surface area contributed by atoms with Crippen molar-refractivity contribution in [3.05, 3.63) is 24.3 Å². The number of fused-ring (bicyclic) bond motifs is 1. The number of hydrogen-bond acceptors (Lipinski definition) is 5. The summed E-state index contributed by atoms with van der Waals surface area (Å²) in [7, 11) is 1.46. The lowest BCUT2D eigenvalue weighted by Gasteiger charge is -2.15. The highest BCUT2D eigenvalue weighted by Gasteiger charge is 2.24. The number of halogens is 1. The Morgan fingerprint density at radius 1 is 1.33 bits per heavy atom. The minimum atomic E-state index is -0.405. The standard InChI is InChI=1S/C15H18FN3OS/c1-20-14-6-11-13(7-12(14)16)17-8-18-15(11)19-9-3-4-10(5-9)21-2/h6-10H,3-5H2,1-2H3,(H,17,18,19). The molecule has 0 amide bonds. The second kappa shape index (κ2) is 6.05. The van der Waals surface area contributed by atoms with Crippen LogP contribution < -0.4 is 10.1 Å². The molecule has 1 aromatic heterocycles. The fraction of sp³-hybridized carbons (Fsp3) is 0.467. The number of benzene rings is 1. The molecule has 1 aromatic carbocycles. The van der Waals surface area contributed by atoms with Gasteiger partial charge in [-0.25, -0.2) is 14.4 Å². The zero-order chi connectivity index (χ0) is 14.8. The number of nitrogens with zero attached hydrogens (tertiary/aromatic N) is 2. The fourth-order valence-corrected chi connectivity index (χ4v) is 3.60. The summed E-state index contributed by atoms with van der Waals surface area (Å²) in [6.07, 6.45) is 7.11. The molecule has 21 heavy (non-hydrogen) atoms. The highest BCUT2D eigenvalue weighted by Crippen LogP contribution is 2.32. The van der Waals surface area contributed by atoms with Crippen molar-refractivity contribution in [1.29, 1.82) is 0 Å². The van der Waals surface area contributed by atoms with Crippen LogP contribution in [0.15, 0.2) is 18.5 Å². The first-order valence-electron chi connectivity index (χ1n) is 6.99. The van der Waals surface area contributed by atoms with Crippen molar-refractivity contribution in [3.8, 4) is 5.75 Å². The molecule has 1 fully saturated rings. The lowest BCUT2D eigenvalue weighted by molar-refractivity contribution is 0.387. The number of anilines is 1. The number of nitrogens with one attached hydrogen (secondary N) is 1. The Labute approximate surface area is 127 Å². The molecule has 1 N–H and O–H groups in total. The number of aromatic nitrogens is 2. The smallest absolute Gasteiger partial charge is 0.167 e. The van der Waals surface area contributed by atoms with Crippen LogP contribution in [0, 0.1) is 5.82 Å². The van der Waals surface area contributed by atoms with E-state index in [4.69, 9.17) is 4.74 Å². The van der Waals surface area contributed by atoms with Crippen molar-refractivity contribution >= 4 is 28.5 Å². The SMILES string of the molecule is COc1cc2c(NC3CCC(SC)C3)ncnc2cc1F. The largest absolute Gasteiger partial charge is 0.494 e. The molecule has 1 saturated carbocycles. The van der Waals surface area contributed by atoms with Gasteiger partial charge in [-0.3, -0.25) is 0 Å². The summed E-state index contributed by atoms with van der Waals surface area (Å²) in [6.45, 7) is 0. The molecule has 0 radical (unpaired) electrons. The predicted molar refractivity (Wildman–Crippen MR) is 84.6 cm³/mol. The van der Waals surface area contributed by atoms with Crippen LogP contribution >= 0.6 is 11.8 Å². The molecule has 0 aliphatic heterocycles. The second-order valence-electron chi connectivity index (χ2n) is 5.24. The van der Waals surface area contributed by atoms with Gasteiger partial charge in [0.1, 0.15) is 12.1 Å². The first-order valence-corrected chi connectivity index (χ1v) is 8.27. The average molecular weight is 307 g/mol. The summed E-state index contributed by atoms with van der Waals surface area (Å²) in [4.78, 5) is 8.45. The van der Waals surface area contributed by atoms with Gasteiger partial charge in [-0.1, -0.05) is 0 Å². The van der Waals surface area contributed by atoms with Crippen molar-refractivity contribution in [2.45, 2.75) is 30.6 Å². The van der Waals surface area contributed by atoms with E-state index < -0.39 is 5.82 Å². The Morgan fingerprint density at radius 3 is 2.90 bits per heavy atom. The van der Waals surface area contributed by atoms with Gasteiger partial charge in [-0.15, -0.1) is 0 Å². The monoisotopic (exact) mass is 307 g/mol. The van der Waals surface area contributed by atoms with Gasteiger partial charge >= 0.3 is 0 Å². The quantitative estimate of drug-likeness (QED) is 0.937. The molecule has 1 aliphatic rings. The summed E-state index contributed by atoms with van der Waals surface area (Å²) >= 11 is 1.92. The molecule has 1 heterocycles. The highest BCUT2D eigenvalue weighted by atomic mass is 32.2. The first-order chi connectivity index (χ1) is 10.2. The average Bonchev–Trinajstić information content (AvgIpc) is 2.94. The van der Waals surface area contributed by atoms with E-state index in [0.29, 0.717) is 16.8 Å². The van der Waals surface area contributed by atoms with E-state index in [2.05, 4.69) is 21.5 Å². The molecule has 0 bridgehead atoms. The summed E-state index contributed by atoms with van der Waals surface area (Å²) in [5, 5.41) is 4.98. The molecule has 6 heteroatoms. The van der Waals surface area contributed by atoms with Crippen LogP contribution in [0.1, 0.15) is 19.3 Å². The van der Waals surface area contributed by atoms with Gasteiger partial charge in [-0.05, 0) is 31.6 Å². The maximum absolute atomic E-state index is 13.7. The third-order valence-corrected chi connectivity index (χ3v) is 5.06. The van der Waals surface area contributed by atoms with Crippen LogP contribution in [0.3, 0.4) is 0 Å². The zero-order valence-corrected chi connectivity index (χ0v) is 12.9. The predicted octanol–water partition coefficient (Wildman–Crippen LogP) is 3.47. The minimum absolute atomic E-state index is 0.216. The van der Waals surface area contributed by atoms with Crippen LogP contribution in [0.5, 0.6) is 5.75 Å². The van der Waals surface area contributed by atoms with E-state index in [9.17, 15) is 4.39 Å². The van der Waals surface area contributed by atoms with Crippen molar-refractivity contribution < 1.29 is 9.13 Å². The van der Waals surface area contributed by atoms with Crippen LogP contribution in [0.4, 0.5) is 10.2 Å². The van der Waals surface area contributed by atoms with Gasteiger partial charge in [0.05, 0.1) is 12.6 Å². The van der Waals surface area contributed by atoms with Crippen molar-refractivity contribution in [3.63, 3.8) is 0 Å². The van der Waals surface area contributed by atoms with Gasteiger partial charge in [0, 0.05) is 22.7 Å². The van der Waals surface area contributed by atoms with Gasteiger partial charge in [0.25, 0.3) is 0 Å². The van der Waals surface area contributed by atoms with Gasteiger partial charge < -0.3 is 10.1 Å². The summed E-state index contributed by atoms with van der Waals surface area (Å²) in [5.74, 6) is 0.566. The van der Waals surface area contributed by atoms with Gasteiger partial charge in [-0.2, -0.15) is 11.8 Å². The van der Waals surface area contributed by atoms with Crippen LogP contribution in [-0.2, 0) is 0 Å². The Hall–Kier alpha value is -1.56. The minimum Gasteiger partial charge on any atom is -0.494 e.